The lowest BCUT2D eigenvalue weighted by atomic mass is 10.2. The van der Waals surface area contributed by atoms with Gasteiger partial charge in [-0.15, -0.1) is 0 Å². The molecule has 90 valence electrons. The van der Waals surface area contributed by atoms with Crippen molar-refractivity contribution in [1.82, 2.24) is 0 Å². The third kappa shape index (κ3) is 3.33. The summed E-state index contributed by atoms with van der Waals surface area (Å²) >= 11 is 3.40. The zero-order valence-corrected chi connectivity index (χ0v) is 11.2. The van der Waals surface area contributed by atoms with Crippen LogP contribution in [-0.4, -0.2) is 24.1 Å². The van der Waals surface area contributed by atoms with Gasteiger partial charge in [-0.2, -0.15) is 0 Å². The lowest BCUT2D eigenvalue weighted by Gasteiger charge is -2.09. The number of nitrogens with zero attached hydrogens (tertiary/aromatic N) is 1. The largest absolute Gasteiger partial charge is 0.476 e. The number of alkyl halides is 1. The zero-order chi connectivity index (χ0) is 12.1. The lowest BCUT2D eigenvalue weighted by Crippen LogP contribution is -2.05. The minimum absolute atomic E-state index is 0.0987. The van der Waals surface area contributed by atoms with Gasteiger partial charge < -0.3 is 9.47 Å². The number of benzene rings is 1. The molecule has 3 nitrogen and oxygen atoms in total. The van der Waals surface area contributed by atoms with E-state index in [1.807, 2.05) is 43.3 Å². The number of rotatable bonds is 4. The van der Waals surface area contributed by atoms with Crippen molar-refractivity contribution in [3.63, 3.8) is 0 Å². The molecule has 1 aliphatic heterocycles. The average molecular weight is 296 g/mol. The predicted molar refractivity (Wildman–Crippen MR) is 72.0 cm³/mol. The first-order chi connectivity index (χ1) is 8.29. The van der Waals surface area contributed by atoms with Gasteiger partial charge in [-0.05, 0) is 53.2 Å². The van der Waals surface area contributed by atoms with Crippen LogP contribution in [0.1, 0.15) is 12.5 Å². The second kappa shape index (κ2) is 5.87. The van der Waals surface area contributed by atoms with Crippen molar-refractivity contribution in [2.24, 2.45) is 4.99 Å². The van der Waals surface area contributed by atoms with Gasteiger partial charge in [-0.1, -0.05) is 6.08 Å². The quantitative estimate of drug-likeness (QED) is 0.631. The van der Waals surface area contributed by atoms with E-state index < -0.39 is 0 Å². The van der Waals surface area contributed by atoms with Crippen molar-refractivity contribution >= 4 is 21.8 Å². The molecule has 1 aliphatic rings. The number of halogens is 1. The van der Waals surface area contributed by atoms with Crippen molar-refractivity contribution in [1.29, 1.82) is 0 Å². The molecule has 17 heavy (non-hydrogen) atoms. The Balaban J connectivity index is 2.02. The van der Waals surface area contributed by atoms with Crippen LogP contribution in [0.2, 0.25) is 0 Å². The van der Waals surface area contributed by atoms with Crippen LogP contribution in [0.4, 0.5) is 0 Å². The smallest absolute Gasteiger partial charge is 0.216 e. The fraction of sp³-hybridized carbons (Fsp3) is 0.308. The van der Waals surface area contributed by atoms with Gasteiger partial charge in [0, 0.05) is 5.56 Å². The highest BCUT2D eigenvalue weighted by Gasteiger charge is 2.10. The summed E-state index contributed by atoms with van der Waals surface area (Å²) in [5, 5.41) is -0.0987. The second-order valence-electron chi connectivity index (χ2n) is 3.55. The molecule has 1 aromatic rings. The van der Waals surface area contributed by atoms with E-state index in [0.717, 1.165) is 23.8 Å². The van der Waals surface area contributed by atoms with Crippen molar-refractivity contribution in [2.45, 2.75) is 11.9 Å². The maximum atomic E-state index is 5.62. The molecule has 1 heterocycles. The van der Waals surface area contributed by atoms with Crippen molar-refractivity contribution in [2.75, 3.05) is 13.2 Å². The van der Waals surface area contributed by atoms with E-state index >= 15 is 0 Å². The van der Waals surface area contributed by atoms with Gasteiger partial charge in [0.2, 0.25) is 5.90 Å². The molecule has 0 radical (unpaired) electrons. The summed E-state index contributed by atoms with van der Waals surface area (Å²) in [6.07, 6.45) is 3.87. The monoisotopic (exact) mass is 295 g/mol. The van der Waals surface area contributed by atoms with E-state index in [0.29, 0.717) is 6.61 Å². The van der Waals surface area contributed by atoms with Crippen molar-refractivity contribution in [3.05, 3.63) is 42.0 Å². The lowest BCUT2D eigenvalue weighted by molar-refractivity contribution is 0.338. The van der Waals surface area contributed by atoms with Gasteiger partial charge in [0.05, 0.1) is 6.54 Å². The Hall–Kier alpha value is -1.29. The van der Waals surface area contributed by atoms with E-state index in [-0.39, 0.29) is 5.01 Å². The topological polar surface area (TPSA) is 30.8 Å². The van der Waals surface area contributed by atoms with Gasteiger partial charge in [0.15, 0.2) is 5.01 Å². The van der Waals surface area contributed by atoms with Crippen LogP contribution in [0.15, 0.2) is 41.4 Å². The number of hydrogen-bond donors (Lipinski definition) is 0. The summed E-state index contributed by atoms with van der Waals surface area (Å²) in [5.41, 5.74) is 0.993. The minimum atomic E-state index is -0.0987. The molecule has 4 heteroatoms. The van der Waals surface area contributed by atoms with E-state index in [2.05, 4.69) is 20.9 Å². The first kappa shape index (κ1) is 12.2. The molecule has 0 amide bonds. The fourth-order valence-electron chi connectivity index (χ4n) is 1.51. The molecule has 0 aromatic heterocycles. The summed E-state index contributed by atoms with van der Waals surface area (Å²) in [6.45, 7) is 3.38. The predicted octanol–water partition coefficient (Wildman–Crippen LogP) is 3.14. The van der Waals surface area contributed by atoms with Crippen LogP contribution in [0.25, 0.3) is 0 Å². The Morgan fingerprint density at radius 3 is 2.76 bits per heavy atom. The molecule has 1 atom stereocenters. The van der Waals surface area contributed by atoms with Crippen LogP contribution in [0.3, 0.4) is 0 Å². The Morgan fingerprint density at radius 1 is 1.41 bits per heavy atom. The second-order valence-corrected chi connectivity index (χ2v) is 4.46. The maximum Gasteiger partial charge on any atom is 0.216 e. The summed E-state index contributed by atoms with van der Waals surface area (Å²) in [4.78, 5) is 4.26. The Kier molecular flexibility index (Phi) is 4.20. The molecule has 0 saturated heterocycles. The molecular weight excluding hydrogens is 282 g/mol. The zero-order valence-electron chi connectivity index (χ0n) is 9.60. The maximum absolute atomic E-state index is 5.62. The molecule has 1 unspecified atom stereocenters. The highest BCUT2D eigenvalue weighted by atomic mass is 79.9. The molecule has 0 aliphatic carbocycles. The number of aliphatic imine (C=N–C) groups is 1. The molecule has 2 rings (SSSR count). The highest BCUT2D eigenvalue weighted by Crippen LogP contribution is 2.18. The van der Waals surface area contributed by atoms with Crippen LogP contribution in [0.5, 0.6) is 5.75 Å². The summed E-state index contributed by atoms with van der Waals surface area (Å²) in [5.74, 6) is 1.53. The highest BCUT2D eigenvalue weighted by molar-refractivity contribution is 9.09. The summed E-state index contributed by atoms with van der Waals surface area (Å²) < 4.78 is 11.0. The average Bonchev–Trinajstić information content (AvgIpc) is 2.84. The van der Waals surface area contributed by atoms with Gasteiger partial charge >= 0.3 is 0 Å². The third-order valence-electron chi connectivity index (χ3n) is 2.28. The number of allylic oxidation sites excluding steroid dienone is 1. The summed E-state index contributed by atoms with van der Waals surface area (Å²) in [6, 6.07) is 7.73. The SMILES string of the molecule is CC=CC(Br)Oc1ccc(C2=NCCO2)cc1. The summed E-state index contributed by atoms with van der Waals surface area (Å²) in [7, 11) is 0. The van der Waals surface area contributed by atoms with Gasteiger partial charge in [0.25, 0.3) is 0 Å². The van der Waals surface area contributed by atoms with E-state index in [4.69, 9.17) is 9.47 Å². The van der Waals surface area contributed by atoms with Crippen molar-refractivity contribution < 1.29 is 9.47 Å². The molecule has 0 fully saturated rings. The number of ether oxygens (including phenoxy) is 2. The van der Waals surface area contributed by atoms with Gasteiger partial charge in [-0.25, -0.2) is 4.99 Å². The Labute approximate surface area is 109 Å². The fourth-order valence-corrected chi connectivity index (χ4v) is 2.03. The third-order valence-corrected chi connectivity index (χ3v) is 2.77. The minimum Gasteiger partial charge on any atom is -0.476 e. The van der Waals surface area contributed by atoms with E-state index in [1.54, 1.807) is 0 Å². The molecule has 0 N–H and O–H groups in total. The van der Waals surface area contributed by atoms with Crippen molar-refractivity contribution in [3.8, 4) is 5.75 Å². The molecular formula is C13H14BrNO2. The Morgan fingerprint density at radius 2 is 2.18 bits per heavy atom. The molecule has 1 aromatic carbocycles. The van der Waals surface area contributed by atoms with Crippen LogP contribution in [0, 0.1) is 0 Å². The first-order valence-electron chi connectivity index (χ1n) is 5.51. The van der Waals surface area contributed by atoms with Gasteiger partial charge in [0.1, 0.15) is 12.4 Å². The Bertz CT molecular complexity index is 426. The standard InChI is InChI=1S/C13H14BrNO2/c1-2-3-12(14)17-11-6-4-10(5-7-11)13-15-8-9-16-13/h2-7,12H,8-9H2,1H3. The number of hydrogen-bond acceptors (Lipinski definition) is 3. The van der Waals surface area contributed by atoms with Crippen LogP contribution >= 0.6 is 15.9 Å². The van der Waals surface area contributed by atoms with E-state index in [1.165, 1.54) is 0 Å². The first-order valence-corrected chi connectivity index (χ1v) is 6.42. The molecule has 0 bridgehead atoms. The molecule has 0 spiro atoms. The van der Waals surface area contributed by atoms with Crippen LogP contribution < -0.4 is 4.74 Å². The van der Waals surface area contributed by atoms with Crippen LogP contribution in [-0.2, 0) is 4.74 Å². The van der Waals surface area contributed by atoms with Gasteiger partial charge in [-0.3, -0.25) is 0 Å². The normalized spacial score (nSPS) is 16.7. The molecule has 0 saturated carbocycles. The van der Waals surface area contributed by atoms with E-state index in [9.17, 15) is 0 Å².